The summed E-state index contributed by atoms with van der Waals surface area (Å²) in [5.74, 6) is 1.68. The van der Waals surface area contributed by atoms with Gasteiger partial charge in [0.15, 0.2) is 11.5 Å². The maximum Gasteiger partial charge on any atom is 0.236 e. The van der Waals surface area contributed by atoms with Gasteiger partial charge in [-0.3, -0.25) is 4.79 Å². The Labute approximate surface area is 158 Å². The summed E-state index contributed by atoms with van der Waals surface area (Å²) in [7, 11) is 3.28. The molecule has 1 saturated heterocycles. The van der Waals surface area contributed by atoms with Crippen LogP contribution in [0.3, 0.4) is 0 Å². The molecule has 0 aromatic heterocycles. The molecular formula is C21H23NO3S. The van der Waals surface area contributed by atoms with E-state index in [0.29, 0.717) is 11.5 Å². The zero-order chi connectivity index (χ0) is 18.1. The van der Waals surface area contributed by atoms with Crippen molar-refractivity contribution >= 4 is 17.7 Å². The summed E-state index contributed by atoms with van der Waals surface area (Å²) in [6.07, 6.45) is 2.86. The molecule has 2 aromatic carbocycles. The maximum atomic E-state index is 13.2. The van der Waals surface area contributed by atoms with Gasteiger partial charge in [0.2, 0.25) is 5.91 Å². The Bertz CT molecular complexity index is 798. The third kappa shape index (κ3) is 3.05. The molecule has 1 amide bonds. The third-order valence-corrected chi connectivity index (χ3v) is 6.56. The molecule has 2 aromatic rings. The highest BCUT2D eigenvalue weighted by Gasteiger charge is 2.37. The minimum atomic E-state index is -0.00635. The molecule has 0 spiro atoms. The first kappa shape index (κ1) is 17.3. The summed E-state index contributed by atoms with van der Waals surface area (Å²) < 4.78 is 10.8. The molecule has 2 aliphatic heterocycles. The molecule has 4 nitrogen and oxygen atoms in total. The number of carbonyl (C=O) groups is 1. The fraction of sp³-hybridized carbons (Fsp3) is 0.381. The molecule has 2 aliphatic rings. The van der Waals surface area contributed by atoms with Gasteiger partial charge in [0, 0.05) is 11.4 Å². The van der Waals surface area contributed by atoms with Gasteiger partial charge in [0.25, 0.3) is 0 Å². The van der Waals surface area contributed by atoms with E-state index in [1.54, 1.807) is 26.0 Å². The number of thioether (sulfide) groups is 1. The second kappa shape index (κ2) is 7.23. The number of amides is 1. The van der Waals surface area contributed by atoms with Crippen molar-refractivity contribution in [1.29, 1.82) is 0 Å². The van der Waals surface area contributed by atoms with Crippen LogP contribution in [0.4, 0.5) is 0 Å². The predicted molar refractivity (Wildman–Crippen MR) is 103 cm³/mol. The zero-order valence-electron chi connectivity index (χ0n) is 15.1. The van der Waals surface area contributed by atoms with Crippen molar-refractivity contribution in [3.8, 4) is 11.5 Å². The van der Waals surface area contributed by atoms with Gasteiger partial charge >= 0.3 is 0 Å². The van der Waals surface area contributed by atoms with Crippen molar-refractivity contribution < 1.29 is 14.3 Å². The highest BCUT2D eigenvalue weighted by Crippen LogP contribution is 2.42. The molecule has 4 rings (SSSR count). The zero-order valence-corrected chi connectivity index (χ0v) is 15.9. The molecule has 0 unspecified atom stereocenters. The molecule has 0 N–H and O–H groups in total. The number of rotatable bonds is 4. The molecule has 0 bridgehead atoms. The number of benzene rings is 2. The van der Waals surface area contributed by atoms with Crippen LogP contribution in [0.25, 0.3) is 0 Å². The van der Waals surface area contributed by atoms with Gasteiger partial charge in [-0.2, -0.15) is 0 Å². The minimum Gasteiger partial charge on any atom is -0.493 e. The lowest BCUT2D eigenvalue weighted by atomic mass is 10.0. The number of ether oxygens (including phenoxy) is 2. The summed E-state index contributed by atoms with van der Waals surface area (Å²) in [5.41, 5.74) is 2.41. The lowest BCUT2D eigenvalue weighted by Crippen LogP contribution is -2.37. The van der Waals surface area contributed by atoms with Gasteiger partial charge in [-0.25, -0.2) is 0 Å². The molecule has 0 radical (unpaired) electrons. The molecular weight excluding hydrogens is 346 g/mol. The Morgan fingerprint density at radius 3 is 2.69 bits per heavy atom. The van der Waals surface area contributed by atoms with Crippen LogP contribution < -0.4 is 9.47 Å². The summed E-state index contributed by atoms with van der Waals surface area (Å²) in [4.78, 5) is 16.5. The molecule has 5 heteroatoms. The number of fused-ring (bicyclic) bond motifs is 1. The predicted octanol–water partition coefficient (Wildman–Crippen LogP) is 4.08. The van der Waals surface area contributed by atoms with Crippen molar-refractivity contribution in [3.63, 3.8) is 0 Å². The highest BCUT2D eigenvalue weighted by atomic mass is 32.2. The first-order valence-electron chi connectivity index (χ1n) is 8.98. The highest BCUT2D eigenvalue weighted by molar-refractivity contribution is 8.01. The number of nitrogens with zero attached hydrogens (tertiary/aromatic N) is 1. The smallest absolute Gasteiger partial charge is 0.236 e. The average Bonchev–Trinajstić information content (AvgIpc) is 3.33. The van der Waals surface area contributed by atoms with Crippen LogP contribution in [-0.4, -0.2) is 36.8 Å². The fourth-order valence-electron chi connectivity index (χ4n) is 3.94. The summed E-state index contributed by atoms with van der Waals surface area (Å²) in [6, 6.07) is 14.4. The van der Waals surface area contributed by atoms with E-state index in [1.165, 1.54) is 10.5 Å². The Hall–Kier alpha value is -2.14. The lowest BCUT2D eigenvalue weighted by Gasteiger charge is -2.28. The molecule has 0 aliphatic carbocycles. The standard InChI is InChI=1S/C21H23NO3S/c1-24-17-10-9-14(12-18(17)25-2)16-7-5-11-22(16)21(23)20-13-15-6-3-4-8-19(15)26-20/h3-4,6,8-10,12,16,20H,5,7,11,13H2,1-2H3/t16-,20+/m0/s1. The monoisotopic (exact) mass is 369 g/mol. The number of likely N-dealkylation sites (tertiary alicyclic amines) is 1. The molecule has 26 heavy (non-hydrogen) atoms. The summed E-state index contributed by atoms with van der Waals surface area (Å²) in [6.45, 7) is 0.825. The van der Waals surface area contributed by atoms with E-state index in [1.807, 2.05) is 24.3 Å². The molecule has 136 valence electrons. The van der Waals surface area contributed by atoms with Crippen LogP contribution in [0.15, 0.2) is 47.4 Å². The minimum absolute atomic E-state index is 0.00635. The first-order chi connectivity index (χ1) is 12.7. The van der Waals surface area contributed by atoms with Crippen LogP contribution in [0.1, 0.15) is 30.0 Å². The first-order valence-corrected chi connectivity index (χ1v) is 9.86. The van der Waals surface area contributed by atoms with Crippen LogP contribution in [0, 0.1) is 0 Å². The molecule has 1 fully saturated rings. The molecule has 2 atom stereocenters. The summed E-state index contributed by atoms with van der Waals surface area (Å²) >= 11 is 1.71. The lowest BCUT2D eigenvalue weighted by molar-refractivity contribution is -0.131. The Morgan fingerprint density at radius 1 is 1.12 bits per heavy atom. The quantitative estimate of drug-likeness (QED) is 0.814. The van der Waals surface area contributed by atoms with E-state index >= 15 is 0 Å². The van der Waals surface area contributed by atoms with Gasteiger partial charge in [-0.05, 0) is 48.6 Å². The van der Waals surface area contributed by atoms with Crippen LogP contribution in [0.2, 0.25) is 0 Å². The Kier molecular flexibility index (Phi) is 4.81. The van der Waals surface area contributed by atoms with Crippen molar-refractivity contribution in [1.82, 2.24) is 4.90 Å². The van der Waals surface area contributed by atoms with E-state index in [2.05, 4.69) is 23.1 Å². The number of carbonyl (C=O) groups excluding carboxylic acids is 1. The third-order valence-electron chi connectivity index (χ3n) is 5.25. The average molecular weight is 369 g/mol. The molecule has 2 heterocycles. The maximum absolute atomic E-state index is 13.2. The van der Waals surface area contributed by atoms with Crippen molar-refractivity contribution in [3.05, 3.63) is 53.6 Å². The largest absolute Gasteiger partial charge is 0.493 e. The Morgan fingerprint density at radius 2 is 1.92 bits per heavy atom. The van der Waals surface area contributed by atoms with Gasteiger partial charge in [-0.1, -0.05) is 24.3 Å². The normalized spacial score (nSPS) is 21.5. The van der Waals surface area contributed by atoms with E-state index < -0.39 is 0 Å². The second-order valence-electron chi connectivity index (χ2n) is 6.72. The van der Waals surface area contributed by atoms with Crippen molar-refractivity contribution in [2.75, 3.05) is 20.8 Å². The number of hydrogen-bond donors (Lipinski definition) is 0. The van der Waals surface area contributed by atoms with E-state index in [-0.39, 0.29) is 17.2 Å². The van der Waals surface area contributed by atoms with Gasteiger partial charge < -0.3 is 14.4 Å². The van der Waals surface area contributed by atoms with E-state index in [0.717, 1.165) is 31.4 Å². The van der Waals surface area contributed by atoms with Crippen LogP contribution in [-0.2, 0) is 11.2 Å². The Balaban J connectivity index is 1.55. The second-order valence-corrected chi connectivity index (χ2v) is 7.97. The van der Waals surface area contributed by atoms with Gasteiger partial charge in [0.1, 0.15) is 0 Å². The SMILES string of the molecule is COc1ccc([C@@H]2CCCN2C(=O)[C@H]2Cc3ccccc3S2)cc1OC. The van der Waals surface area contributed by atoms with E-state index in [9.17, 15) is 4.79 Å². The van der Waals surface area contributed by atoms with Crippen molar-refractivity contribution in [2.24, 2.45) is 0 Å². The van der Waals surface area contributed by atoms with Gasteiger partial charge in [-0.15, -0.1) is 11.8 Å². The molecule has 0 saturated carbocycles. The topological polar surface area (TPSA) is 38.8 Å². The van der Waals surface area contributed by atoms with Crippen molar-refractivity contribution in [2.45, 2.75) is 35.4 Å². The van der Waals surface area contributed by atoms with Gasteiger partial charge in [0.05, 0.1) is 25.5 Å². The van der Waals surface area contributed by atoms with Crippen LogP contribution in [0.5, 0.6) is 11.5 Å². The fourth-order valence-corrected chi connectivity index (χ4v) is 5.21. The number of methoxy groups -OCH3 is 2. The summed E-state index contributed by atoms with van der Waals surface area (Å²) in [5, 5.41) is -0.00635. The van der Waals surface area contributed by atoms with E-state index in [4.69, 9.17) is 9.47 Å². The number of hydrogen-bond acceptors (Lipinski definition) is 4. The van der Waals surface area contributed by atoms with Crippen LogP contribution >= 0.6 is 11.8 Å².